The zero-order valence-corrected chi connectivity index (χ0v) is 83.0. The fraction of sp³-hybridized carbons (Fsp3) is 0.470. The maximum atomic E-state index is 13.9. The van der Waals surface area contributed by atoms with Gasteiger partial charge in [0.25, 0.3) is 0 Å². The van der Waals surface area contributed by atoms with Crippen molar-refractivity contribution in [2.24, 2.45) is 159 Å². The van der Waals surface area contributed by atoms with Gasteiger partial charge < -0.3 is 20.4 Å². The summed E-state index contributed by atoms with van der Waals surface area (Å²) in [7, 11) is 2.56. The number of carbonyl (C=O) groups excluding carboxylic acids is 6. The van der Waals surface area contributed by atoms with E-state index in [2.05, 4.69) is 177 Å². The molecule has 4 aromatic carbocycles. The zero-order valence-electron chi connectivity index (χ0n) is 78.1. The van der Waals surface area contributed by atoms with Crippen LogP contribution in [0.15, 0.2) is 320 Å². The number of rotatable bonds is 41. The molecule has 12 aliphatic rings. The number of hydrogen-bond donors (Lipinski definition) is 4. The molecule has 133 heavy (non-hydrogen) atoms. The number of fused-ring (bicyclic) bond motifs is 6. The van der Waals surface area contributed by atoms with Crippen LogP contribution in [-0.2, 0) is 9.59 Å². The minimum Gasteiger partial charge on any atom is -0.390 e. The highest BCUT2D eigenvalue weighted by atomic mass is 33.1. The van der Waals surface area contributed by atoms with Gasteiger partial charge in [0, 0.05) is 78.7 Å². The molecule has 0 radical (unpaired) electrons. The summed E-state index contributed by atoms with van der Waals surface area (Å²) in [6, 6.07) is 39.0. The largest absolute Gasteiger partial charge is 0.390 e. The lowest BCUT2D eigenvalue weighted by molar-refractivity contribution is -0.108. The Morgan fingerprint density at radius 1 is 0.323 bits per heavy atom. The van der Waals surface area contributed by atoms with E-state index in [1.54, 1.807) is 0 Å². The van der Waals surface area contributed by atoms with Gasteiger partial charge in [-0.3, -0.25) is 28.8 Å². The molecule has 0 aromatic heterocycles. The van der Waals surface area contributed by atoms with E-state index >= 15 is 0 Å². The monoisotopic (exact) mass is 1900 g/mol. The average Bonchev–Trinajstić information content (AvgIpc) is 1.59. The number of hydrogen-bond acceptors (Lipinski definition) is 16. The Morgan fingerprint density at radius 2 is 0.571 bits per heavy atom. The van der Waals surface area contributed by atoms with Gasteiger partial charge >= 0.3 is 0 Å². The maximum Gasteiger partial charge on any atom is 0.215 e. The van der Waals surface area contributed by atoms with E-state index in [-0.39, 0.29) is 62.1 Å². The molecule has 4 aromatic rings. The van der Waals surface area contributed by atoms with E-state index < -0.39 is 24.4 Å². The summed E-state index contributed by atoms with van der Waals surface area (Å²) in [5.41, 5.74) is 6.98. The number of benzene rings is 4. The molecule has 0 heterocycles. The Kier molecular flexibility index (Phi) is 37.4. The fourth-order valence-electron chi connectivity index (χ4n) is 25.1. The van der Waals surface area contributed by atoms with Gasteiger partial charge in [0.05, 0.1) is 24.4 Å². The molecule has 0 spiro atoms. The number of Topliss-reactive ketones (excluding diaryl/α,β-unsaturated/α-hetero) is 4. The molecule has 32 unspecified atom stereocenters. The summed E-state index contributed by atoms with van der Waals surface area (Å²) < 4.78 is 0. The zero-order chi connectivity index (χ0) is 94.9. The predicted octanol–water partition coefficient (Wildman–Crippen LogP) is 25.6. The molecule has 16 heteroatoms. The van der Waals surface area contributed by atoms with Crippen LogP contribution in [0.25, 0.3) is 0 Å². The summed E-state index contributed by atoms with van der Waals surface area (Å²) in [4.78, 5) is 78.6. The predicted molar refractivity (Wildman–Crippen MR) is 563 cm³/mol. The molecule has 706 valence electrons. The van der Waals surface area contributed by atoms with Crippen LogP contribution in [0, 0.1) is 159 Å². The SMILES string of the molecule is C=CC1CC(C=C)C2C1CC(C(=O)c1ccccc1)C2SCCC(C)(C)CCSC1C(C(=O)c2ccccc2)CC2C(C=C)CC(C=C)C21.C=CC1CC(C=C)C2CC(C(=O)SCC(O)C(O)CSSCC(O)C(O)CSC(=O)C3=CC4C(C=C)CC(C=C)C4C3)=CC12.C=CC1CC(C=C)C2CC(C(=O)c3ccccc3)=CC12.C=CC1CC(C=C)C2CC(C(=O)c3ccccc3)=CC12. The third-order valence-electron chi connectivity index (χ3n) is 32.5. The first-order valence-electron chi connectivity index (χ1n) is 48.6. The highest BCUT2D eigenvalue weighted by molar-refractivity contribution is 8.76. The van der Waals surface area contributed by atoms with Crippen LogP contribution >= 0.6 is 68.6 Å². The van der Waals surface area contributed by atoms with E-state index in [1.807, 2.05) is 158 Å². The van der Waals surface area contributed by atoms with Gasteiger partial charge in [0.1, 0.15) is 0 Å². The second kappa shape index (κ2) is 48.3. The van der Waals surface area contributed by atoms with Crippen molar-refractivity contribution in [1.82, 2.24) is 0 Å². The lowest BCUT2D eigenvalue weighted by Gasteiger charge is -2.31. The summed E-state index contributed by atoms with van der Waals surface area (Å²) in [5, 5.41) is 42.1. The van der Waals surface area contributed by atoms with Crippen LogP contribution in [-0.4, -0.2) is 123 Å². The van der Waals surface area contributed by atoms with Crippen molar-refractivity contribution in [3.05, 3.63) is 342 Å². The van der Waals surface area contributed by atoms with Gasteiger partial charge in [-0.25, -0.2) is 0 Å². The van der Waals surface area contributed by atoms with Gasteiger partial charge in [-0.1, -0.05) is 278 Å². The summed E-state index contributed by atoms with van der Waals surface area (Å²) in [5.74, 6) is 14.5. The van der Waals surface area contributed by atoms with E-state index in [9.17, 15) is 49.2 Å². The molecule has 0 bridgehead atoms. The topological polar surface area (TPSA) is 183 Å². The number of aliphatic hydroxyl groups is 4. The van der Waals surface area contributed by atoms with Crippen LogP contribution in [0.5, 0.6) is 0 Å². The molecule has 0 aliphatic heterocycles. The van der Waals surface area contributed by atoms with E-state index in [0.29, 0.717) is 177 Å². The number of allylic oxidation sites excluding steroid dienone is 18. The Balaban J connectivity index is 0.000000162. The Morgan fingerprint density at radius 3 is 0.857 bits per heavy atom. The number of thioether (sulfide) groups is 4. The molecule has 8 fully saturated rings. The minimum atomic E-state index is -1.06. The van der Waals surface area contributed by atoms with Gasteiger partial charge in [-0.2, -0.15) is 23.5 Å². The highest BCUT2D eigenvalue weighted by Crippen LogP contribution is 2.62. The fourth-order valence-corrected chi connectivity index (χ4v) is 33.2. The van der Waals surface area contributed by atoms with Crippen LogP contribution in [0.2, 0.25) is 0 Å². The first-order valence-corrected chi connectivity index (χ1v) is 55.1. The lowest BCUT2D eigenvalue weighted by Crippen LogP contribution is -2.31. The quantitative estimate of drug-likeness (QED) is 0.0142. The van der Waals surface area contributed by atoms with Crippen molar-refractivity contribution in [2.75, 3.05) is 34.5 Å². The maximum absolute atomic E-state index is 13.9. The Labute approximate surface area is 819 Å². The third kappa shape index (κ3) is 24.0. The molecule has 12 aliphatic carbocycles. The number of ketones is 4. The second-order valence-corrected chi connectivity index (χ2v) is 47.3. The van der Waals surface area contributed by atoms with Crippen molar-refractivity contribution in [3.8, 4) is 0 Å². The van der Waals surface area contributed by atoms with Gasteiger partial charge in [-0.05, 0) is 260 Å². The molecule has 0 saturated heterocycles. The molecule has 32 atom stereocenters. The van der Waals surface area contributed by atoms with Crippen molar-refractivity contribution < 1.29 is 49.2 Å². The smallest absolute Gasteiger partial charge is 0.215 e. The van der Waals surface area contributed by atoms with E-state index in [1.165, 1.54) is 21.6 Å². The first kappa shape index (κ1) is 103. The van der Waals surface area contributed by atoms with Crippen LogP contribution in [0.4, 0.5) is 0 Å². The summed E-state index contributed by atoms with van der Waals surface area (Å²) in [6.07, 6.45) is 43.0. The standard InChI is InChI=1S/C45H56O2S2.C34H46O6S4.2C19H20O/c1-7-29-25-31(9-3)39-35(29)27-37(41(46)33-17-13-11-14-18-33)43(39)48-23-21-45(5,6)22-24-49-44-38(42(47)34-19-15-12-16-20-34)28-36-30(8-2)26-32(10-4)40(36)44;1-5-19-9-20(6-2)26-12-23(11-25(19)26)33(39)41-15-29(35)31(37)17-43-44-18-32(38)30(36)16-42-34(40)24-13-27-21(7-3)10-22(8-4)28(27)14-24;2*1-3-13-10-14(4-2)18-12-16(11-17(13)18)19(20)15-8-6-5-7-9-15/h7-20,29-32,35-40,43-44H,1-4,21-28H2,5-6H3;5-8,11,13,19-22,25-32,35-38H,1-4,9-10,12,14-18H2;2*3-9,11,13-14,17-18H,1-2,10,12H2. The Hall–Kier alpha value is -7.32. The van der Waals surface area contributed by atoms with Crippen LogP contribution in [0.1, 0.15) is 145 Å². The third-order valence-corrected chi connectivity index (χ3v) is 39.9. The summed E-state index contributed by atoms with van der Waals surface area (Å²) >= 11 is 6.18. The minimum absolute atomic E-state index is 0.0456. The number of aliphatic hydroxyl groups excluding tert-OH is 4. The molecular formula is C117H142O10S6. The van der Waals surface area contributed by atoms with Crippen molar-refractivity contribution >= 4 is 102 Å². The van der Waals surface area contributed by atoms with Crippen LogP contribution in [0.3, 0.4) is 0 Å². The van der Waals surface area contributed by atoms with Crippen LogP contribution < -0.4 is 0 Å². The van der Waals surface area contributed by atoms with Gasteiger partial charge in [-0.15, -0.1) is 78.9 Å². The van der Waals surface area contributed by atoms with Crippen molar-refractivity contribution in [2.45, 2.75) is 139 Å². The van der Waals surface area contributed by atoms with Crippen molar-refractivity contribution in [3.63, 3.8) is 0 Å². The highest BCUT2D eigenvalue weighted by Gasteiger charge is 2.57. The first-order chi connectivity index (χ1) is 64.3. The van der Waals surface area contributed by atoms with Crippen molar-refractivity contribution in [1.29, 1.82) is 0 Å². The summed E-state index contributed by atoms with van der Waals surface area (Å²) in [6.45, 7) is 53.3. The lowest BCUT2D eigenvalue weighted by atomic mass is 9.87. The van der Waals surface area contributed by atoms with E-state index in [0.717, 1.165) is 157 Å². The number of carbonyl (C=O) groups is 6. The normalized spacial score (nSPS) is 33.4. The average molecular weight is 1900 g/mol. The molecule has 10 nitrogen and oxygen atoms in total. The van der Waals surface area contributed by atoms with Gasteiger partial charge in [0.15, 0.2) is 23.1 Å². The second-order valence-electron chi connectivity index (χ2n) is 40.1. The van der Waals surface area contributed by atoms with E-state index in [4.69, 9.17) is 0 Å². The Bertz CT molecular complexity index is 4660. The molecular weight excluding hydrogens is 1760 g/mol. The molecule has 4 N–H and O–H groups in total. The molecule has 8 saturated carbocycles. The molecule has 0 amide bonds. The molecule has 16 rings (SSSR count). The van der Waals surface area contributed by atoms with Gasteiger partial charge in [0.2, 0.25) is 10.2 Å².